The molecule has 4 fully saturated rings. The number of aryl methyl sites for hydroxylation is 1. The third kappa shape index (κ3) is 3.41. The Balaban J connectivity index is 1.33. The van der Waals surface area contributed by atoms with E-state index in [-0.39, 0.29) is 5.91 Å². The van der Waals surface area contributed by atoms with Crippen molar-refractivity contribution in [2.45, 2.75) is 65.2 Å². The van der Waals surface area contributed by atoms with Crippen molar-refractivity contribution >= 4 is 23.0 Å². The molecule has 0 spiro atoms. The van der Waals surface area contributed by atoms with Crippen molar-refractivity contribution in [3.05, 3.63) is 16.1 Å². The van der Waals surface area contributed by atoms with Gasteiger partial charge in [-0.2, -0.15) is 5.10 Å². The average Bonchev–Trinajstić information content (AvgIpc) is 2.88. The molecule has 0 aliphatic heterocycles. The maximum absolute atomic E-state index is 12.0. The van der Waals surface area contributed by atoms with Crippen LogP contribution in [0, 0.1) is 30.1 Å². The molecule has 4 aliphatic rings. The van der Waals surface area contributed by atoms with Gasteiger partial charge in [0.15, 0.2) is 0 Å². The van der Waals surface area contributed by atoms with Crippen LogP contribution in [0.25, 0.3) is 0 Å². The Bertz CT molecular complexity index is 628. The Morgan fingerprint density at radius 1 is 1.29 bits per heavy atom. The molecule has 4 saturated carbocycles. The number of carbonyl (C=O) groups excluding carboxylic acids is 1. The Labute approximate surface area is 148 Å². The number of hydrogen-bond acceptors (Lipinski definition) is 4. The first-order valence-corrected chi connectivity index (χ1v) is 10.1. The molecule has 1 N–H and O–H groups in total. The predicted octanol–water partition coefficient (Wildman–Crippen LogP) is 4.09. The lowest BCUT2D eigenvalue weighted by Crippen LogP contribution is -2.46. The number of aromatic nitrogens is 1. The number of nitrogens with one attached hydrogen (secondary N) is 1. The van der Waals surface area contributed by atoms with Crippen LogP contribution in [0.3, 0.4) is 0 Å². The van der Waals surface area contributed by atoms with Crippen LogP contribution in [-0.2, 0) is 11.2 Å². The fourth-order valence-electron chi connectivity index (χ4n) is 5.91. The smallest absolute Gasteiger partial charge is 0.246 e. The summed E-state index contributed by atoms with van der Waals surface area (Å²) >= 11 is 1.54. The third-order valence-electron chi connectivity index (χ3n) is 6.15. The number of carbonyl (C=O) groups is 1. The van der Waals surface area contributed by atoms with Crippen molar-refractivity contribution in [2.24, 2.45) is 28.3 Å². The standard InChI is InChI=1S/C19H27N3OS/c1-12(21-22-17(23)6-18-20-13(2)11-24-18)7-19-8-14-3-15(9-19)5-16(4-14)10-19/h11,14-16H,3-10H2,1-2H3,(H,22,23)/b21-12-. The van der Waals surface area contributed by atoms with Gasteiger partial charge in [0.2, 0.25) is 5.91 Å². The molecule has 1 heterocycles. The highest BCUT2D eigenvalue weighted by atomic mass is 32.1. The summed E-state index contributed by atoms with van der Waals surface area (Å²) in [5, 5.41) is 7.23. The summed E-state index contributed by atoms with van der Waals surface area (Å²) in [7, 11) is 0. The minimum Gasteiger partial charge on any atom is -0.273 e. The topological polar surface area (TPSA) is 54.4 Å². The zero-order chi connectivity index (χ0) is 16.7. The number of thiazole rings is 1. The van der Waals surface area contributed by atoms with Crippen molar-refractivity contribution < 1.29 is 4.79 Å². The van der Waals surface area contributed by atoms with Gasteiger partial charge >= 0.3 is 0 Å². The van der Waals surface area contributed by atoms with E-state index in [0.717, 1.165) is 40.6 Å². The largest absolute Gasteiger partial charge is 0.273 e. The zero-order valence-corrected chi connectivity index (χ0v) is 15.5. The van der Waals surface area contributed by atoms with E-state index in [2.05, 4.69) is 22.4 Å². The quantitative estimate of drug-likeness (QED) is 0.645. The first kappa shape index (κ1) is 16.2. The molecule has 4 nitrogen and oxygen atoms in total. The molecule has 24 heavy (non-hydrogen) atoms. The van der Waals surface area contributed by atoms with E-state index in [0.29, 0.717) is 11.8 Å². The zero-order valence-electron chi connectivity index (χ0n) is 14.7. The molecule has 5 heteroatoms. The predicted molar refractivity (Wildman–Crippen MR) is 97.0 cm³/mol. The van der Waals surface area contributed by atoms with Crippen molar-refractivity contribution in [1.29, 1.82) is 0 Å². The first-order chi connectivity index (χ1) is 11.5. The molecule has 5 rings (SSSR count). The van der Waals surface area contributed by atoms with Crippen molar-refractivity contribution in [1.82, 2.24) is 10.4 Å². The van der Waals surface area contributed by atoms with Crippen molar-refractivity contribution in [3.63, 3.8) is 0 Å². The minimum absolute atomic E-state index is 0.0609. The van der Waals surface area contributed by atoms with Gasteiger partial charge in [-0.25, -0.2) is 10.4 Å². The van der Waals surface area contributed by atoms with Crippen LogP contribution in [-0.4, -0.2) is 16.6 Å². The van der Waals surface area contributed by atoms with Crippen LogP contribution in [0.5, 0.6) is 0 Å². The number of rotatable bonds is 5. The number of nitrogens with zero attached hydrogens (tertiary/aromatic N) is 2. The summed E-state index contributed by atoms with van der Waals surface area (Å²) in [5.41, 5.74) is 5.28. The van der Waals surface area contributed by atoms with Gasteiger partial charge in [0.05, 0.1) is 6.42 Å². The molecule has 0 saturated heterocycles. The highest BCUT2D eigenvalue weighted by Crippen LogP contribution is 2.61. The maximum atomic E-state index is 12.0. The van der Waals surface area contributed by atoms with Crippen LogP contribution >= 0.6 is 11.3 Å². The lowest BCUT2D eigenvalue weighted by atomic mass is 9.48. The van der Waals surface area contributed by atoms with Gasteiger partial charge < -0.3 is 0 Å². The number of hydrogen-bond donors (Lipinski definition) is 1. The Morgan fingerprint density at radius 2 is 1.92 bits per heavy atom. The van der Waals surface area contributed by atoms with Gasteiger partial charge in [0.25, 0.3) is 0 Å². The molecule has 0 unspecified atom stereocenters. The third-order valence-corrected chi connectivity index (χ3v) is 7.11. The fraction of sp³-hybridized carbons (Fsp3) is 0.737. The molecular formula is C19H27N3OS. The van der Waals surface area contributed by atoms with E-state index < -0.39 is 0 Å². The van der Waals surface area contributed by atoms with Crippen molar-refractivity contribution in [3.8, 4) is 0 Å². The highest BCUT2D eigenvalue weighted by Gasteiger charge is 2.50. The summed E-state index contributed by atoms with van der Waals surface area (Å²) in [6.07, 6.45) is 9.96. The van der Waals surface area contributed by atoms with E-state index in [1.165, 1.54) is 49.9 Å². The van der Waals surface area contributed by atoms with Crippen LogP contribution < -0.4 is 5.43 Å². The van der Waals surface area contributed by atoms with E-state index in [1.54, 1.807) is 0 Å². The van der Waals surface area contributed by atoms with Gasteiger partial charge in [-0.3, -0.25) is 4.79 Å². The highest BCUT2D eigenvalue weighted by molar-refractivity contribution is 7.09. The summed E-state index contributed by atoms with van der Waals surface area (Å²) in [4.78, 5) is 16.4. The second kappa shape index (κ2) is 6.25. The van der Waals surface area contributed by atoms with Crippen LogP contribution in [0.15, 0.2) is 10.5 Å². The van der Waals surface area contributed by atoms with Gasteiger partial charge in [-0.15, -0.1) is 11.3 Å². The van der Waals surface area contributed by atoms with Gasteiger partial charge in [0.1, 0.15) is 5.01 Å². The van der Waals surface area contributed by atoms with E-state index in [9.17, 15) is 4.79 Å². The molecule has 4 bridgehead atoms. The van der Waals surface area contributed by atoms with E-state index >= 15 is 0 Å². The lowest BCUT2D eigenvalue weighted by Gasteiger charge is -2.57. The summed E-state index contributed by atoms with van der Waals surface area (Å²) < 4.78 is 0. The van der Waals surface area contributed by atoms with Crippen LogP contribution in [0.2, 0.25) is 0 Å². The lowest BCUT2D eigenvalue weighted by molar-refractivity contribution is -0.120. The molecule has 0 aromatic carbocycles. The molecule has 1 aromatic heterocycles. The van der Waals surface area contributed by atoms with Crippen LogP contribution in [0.4, 0.5) is 0 Å². The average molecular weight is 346 g/mol. The monoisotopic (exact) mass is 345 g/mol. The molecule has 1 aromatic rings. The normalized spacial score (nSPS) is 34.6. The summed E-state index contributed by atoms with van der Waals surface area (Å²) in [5.74, 6) is 2.83. The summed E-state index contributed by atoms with van der Waals surface area (Å²) in [6.45, 7) is 4.03. The molecular weight excluding hydrogens is 318 g/mol. The second-order valence-electron chi connectivity index (χ2n) is 8.54. The van der Waals surface area contributed by atoms with Gasteiger partial charge in [0, 0.05) is 16.8 Å². The molecule has 0 atom stereocenters. The van der Waals surface area contributed by atoms with Gasteiger partial charge in [-0.1, -0.05) is 0 Å². The SMILES string of the molecule is C/C(CC12CC3CC(CC(C3)C1)C2)=N/NC(=O)Cc1nc(C)cs1. The number of hydrazone groups is 1. The van der Waals surface area contributed by atoms with Crippen LogP contribution in [0.1, 0.15) is 62.6 Å². The second-order valence-corrected chi connectivity index (χ2v) is 9.48. The van der Waals surface area contributed by atoms with E-state index in [1.807, 2.05) is 12.3 Å². The first-order valence-electron chi connectivity index (χ1n) is 9.23. The molecule has 4 aliphatic carbocycles. The Kier molecular flexibility index (Phi) is 4.23. The molecule has 1 amide bonds. The van der Waals surface area contributed by atoms with Gasteiger partial charge in [-0.05, 0) is 82.0 Å². The fourth-order valence-corrected chi connectivity index (χ4v) is 6.68. The van der Waals surface area contributed by atoms with Crippen molar-refractivity contribution in [2.75, 3.05) is 0 Å². The number of amides is 1. The Morgan fingerprint density at radius 3 is 2.46 bits per heavy atom. The minimum atomic E-state index is -0.0609. The Hall–Kier alpha value is -1.23. The van der Waals surface area contributed by atoms with E-state index in [4.69, 9.17) is 0 Å². The summed E-state index contributed by atoms with van der Waals surface area (Å²) in [6, 6.07) is 0. The molecule has 130 valence electrons. The molecule has 0 radical (unpaired) electrons. The maximum Gasteiger partial charge on any atom is 0.246 e.